The molecule has 7 heteroatoms. The smallest absolute Gasteiger partial charge is 0.338 e. The third-order valence-electron chi connectivity index (χ3n) is 3.35. The number of ether oxygens (including phenoxy) is 4. The van der Waals surface area contributed by atoms with Gasteiger partial charge < -0.3 is 18.9 Å². The molecule has 0 aliphatic carbocycles. The average Bonchev–Trinajstić information content (AvgIpc) is 2.80. The second-order valence-corrected chi connectivity index (χ2v) is 5.46. The van der Waals surface area contributed by atoms with Gasteiger partial charge in [0, 0.05) is 0 Å². The van der Waals surface area contributed by atoms with Crippen LogP contribution in [0.4, 0.5) is 0 Å². The standard InChI is InChI=1S/C13H18O7/c1-6(7(2)14)11(15)17-5-8-9-10(12(16)18-8)20-13(3,4)19-9/h6,8-10H,5H2,1-4H3/t6?,8-,9-,10-/m1/s1. The predicted molar refractivity (Wildman–Crippen MR) is 64.5 cm³/mol. The van der Waals surface area contributed by atoms with Crippen molar-refractivity contribution in [1.29, 1.82) is 0 Å². The van der Waals surface area contributed by atoms with E-state index in [1.807, 2.05) is 0 Å². The number of hydrogen-bond donors (Lipinski definition) is 0. The molecule has 2 saturated heterocycles. The Balaban J connectivity index is 1.93. The third-order valence-corrected chi connectivity index (χ3v) is 3.35. The minimum Gasteiger partial charge on any atom is -0.461 e. The highest BCUT2D eigenvalue weighted by Gasteiger charge is 2.56. The molecule has 0 aromatic carbocycles. The fraction of sp³-hybridized carbons (Fsp3) is 0.769. The van der Waals surface area contributed by atoms with Crippen molar-refractivity contribution in [3.8, 4) is 0 Å². The van der Waals surface area contributed by atoms with Crippen LogP contribution in [0, 0.1) is 5.92 Å². The Morgan fingerprint density at radius 2 is 2.00 bits per heavy atom. The molecule has 2 rings (SSSR count). The number of Topliss-reactive ketones (excluding diaryl/α,β-unsaturated/α-hetero) is 1. The van der Waals surface area contributed by atoms with Crippen LogP contribution >= 0.6 is 0 Å². The van der Waals surface area contributed by atoms with Crippen LogP contribution in [0.3, 0.4) is 0 Å². The van der Waals surface area contributed by atoms with E-state index in [2.05, 4.69) is 0 Å². The van der Waals surface area contributed by atoms with Crippen molar-refractivity contribution in [2.45, 2.75) is 51.8 Å². The summed E-state index contributed by atoms with van der Waals surface area (Å²) >= 11 is 0. The molecule has 0 saturated carbocycles. The van der Waals surface area contributed by atoms with Crippen molar-refractivity contribution < 1.29 is 33.3 Å². The molecular weight excluding hydrogens is 268 g/mol. The minimum atomic E-state index is -0.871. The average molecular weight is 286 g/mol. The van der Waals surface area contributed by atoms with Crippen molar-refractivity contribution in [1.82, 2.24) is 0 Å². The number of ketones is 1. The SMILES string of the molecule is CC(=O)C(C)C(=O)OC[C@H]1OC(=O)[C@@H]2OC(C)(C)O[C@H]12. The molecule has 20 heavy (non-hydrogen) atoms. The van der Waals surface area contributed by atoms with Gasteiger partial charge in [-0.2, -0.15) is 0 Å². The highest BCUT2D eigenvalue weighted by atomic mass is 16.8. The second kappa shape index (κ2) is 5.14. The normalized spacial score (nSPS) is 32.4. The van der Waals surface area contributed by atoms with E-state index >= 15 is 0 Å². The highest BCUT2D eigenvalue weighted by Crippen LogP contribution is 2.36. The molecule has 4 atom stereocenters. The summed E-state index contributed by atoms with van der Waals surface area (Å²) in [7, 11) is 0. The molecule has 2 aliphatic rings. The van der Waals surface area contributed by atoms with E-state index in [1.165, 1.54) is 13.8 Å². The Labute approximate surface area is 116 Å². The van der Waals surface area contributed by atoms with Gasteiger partial charge in [-0.1, -0.05) is 0 Å². The summed E-state index contributed by atoms with van der Waals surface area (Å²) in [5.74, 6) is -3.15. The minimum absolute atomic E-state index is 0.150. The number of carbonyl (C=O) groups is 3. The van der Waals surface area contributed by atoms with Gasteiger partial charge in [-0.25, -0.2) is 4.79 Å². The van der Waals surface area contributed by atoms with E-state index in [9.17, 15) is 14.4 Å². The number of carbonyl (C=O) groups excluding carboxylic acids is 3. The van der Waals surface area contributed by atoms with Crippen molar-refractivity contribution in [2.75, 3.05) is 6.61 Å². The maximum Gasteiger partial charge on any atom is 0.338 e. The first-order valence-electron chi connectivity index (χ1n) is 6.44. The van der Waals surface area contributed by atoms with Gasteiger partial charge in [0.15, 0.2) is 18.0 Å². The summed E-state index contributed by atoms with van der Waals surface area (Å²) < 4.78 is 21.0. The Hall–Kier alpha value is -1.47. The number of esters is 2. The van der Waals surface area contributed by atoms with Gasteiger partial charge in [-0.05, 0) is 27.7 Å². The summed E-state index contributed by atoms with van der Waals surface area (Å²) in [5, 5.41) is 0. The molecular formula is C13H18O7. The number of fused-ring (bicyclic) bond motifs is 1. The van der Waals surface area contributed by atoms with Crippen molar-refractivity contribution in [2.24, 2.45) is 5.92 Å². The topological polar surface area (TPSA) is 88.1 Å². The van der Waals surface area contributed by atoms with Gasteiger partial charge in [-0.15, -0.1) is 0 Å². The molecule has 0 aromatic rings. The van der Waals surface area contributed by atoms with E-state index in [4.69, 9.17) is 18.9 Å². The quantitative estimate of drug-likeness (QED) is 0.539. The van der Waals surface area contributed by atoms with Crippen LogP contribution in [0.25, 0.3) is 0 Å². The Morgan fingerprint density at radius 1 is 1.35 bits per heavy atom. The lowest BCUT2D eigenvalue weighted by atomic mass is 10.1. The first-order chi connectivity index (χ1) is 9.21. The van der Waals surface area contributed by atoms with Gasteiger partial charge in [0.05, 0.1) is 0 Å². The van der Waals surface area contributed by atoms with Crippen LogP contribution in [-0.4, -0.2) is 48.4 Å². The van der Waals surface area contributed by atoms with Gasteiger partial charge in [0.1, 0.15) is 24.4 Å². The van der Waals surface area contributed by atoms with Crippen LogP contribution in [0.1, 0.15) is 27.7 Å². The Kier molecular flexibility index (Phi) is 3.84. The van der Waals surface area contributed by atoms with E-state index in [0.29, 0.717) is 0 Å². The molecule has 0 radical (unpaired) electrons. The lowest BCUT2D eigenvalue weighted by Crippen LogP contribution is -2.35. The van der Waals surface area contributed by atoms with E-state index in [1.54, 1.807) is 13.8 Å². The summed E-state index contributed by atoms with van der Waals surface area (Å²) in [6.45, 7) is 6.02. The second-order valence-electron chi connectivity index (χ2n) is 5.46. The van der Waals surface area contributed by atoms with Gasteiger partial charge >= 0.3 is 11.9 Å². The summed E-state index contributed by atoms with van der Waals surface area (Å²) in [4.78, 5) is 34.3. The Morgan fingerprint density at radius 3 is 2.60 bits per heavy atom. The zero-order valence-electron chi connectivity index (χ0n) is 11.9. The van der Waals surface area contributed by atoms with Crippen LogP contribution in [0.5, 0.6) is 0 Å². The van der Waals surface area contributed by atoms with Gasteiger partial charge in [0.2, 0.25) is 0 Å². The monoisotopic (exact) mass is 286 g/mol. The molecule has 2 fully saturated rings. The lowest BCUT2D eigenvalue weighted by molar-refractivity contribution is -0.191. The fourth-order valence-corrected chi connectivity index (χ4v) is 2.11. The molecule has 0 amide bonds. The van der Waals surface area contributed by atoms with E-state index < -0.39 is 42.0 Å². The molecule has 0 spiro atoms. The van der Waals surface area contributed by atoms with Crippen molar-refractivity contribution >= 4 is 17.7 Å². The van der Waals surface area contributed by atoms with E-state index in [-0.39, 0.29) is 12.4 Å². The molecule has 2 aliphatic heterocycles. The molecule has 0 bridgehead atoms. The predicted octanol–water partition coefficient (Wildman–Crippen LogP) is 0.200. The van der Waals surface area contributed by atoms with Crippen LogP contribution < -0.4 is 0 Å². The zero-order valence-corrected chi connectivity index (χ0v) is 11.9. The highest BCUT2D eigenvalue weighted by molar-refractivity contribution is 5.97. The van der Waals surface area contributed by atoms with E-state index in [0.717, 1.165) is 0 Å². The summed E-state index contributed by atoms with van der Waals surface area (Å²) in [6, 6.07) is 0. The number of hydrogen-bond acceptors (Lipinski definition) is 7. The summed E-state index contributed by atoms with van der Waals surface area (Å²) in [6.07, 6.45) is -2.10. The largest absolute Gasteiger partial charge is 0.461 e. The maximum atomic E-state index is 11.6. The molecule has 2 heterocycles. The first kappa shape index (κ1) is 14.9. The van der Waals surface area contributed by atoms with Crippen molar-refractivity contribution in [3.63, 3.8) is 0 Å². The molecule has 7 nitrogen and oxygen atoms in total. The van der Waals surface area contributed by atoms with Gasteiger partial charge in [0.25, 0.3) is 0 Å². The zero-order chi connectivity index (χ0) is 15.1. The van der Waals surface area contributed by atoms with Crippen LogP contribution in [0.15, 0.2) is 0 Å². The van der Waals surface area contributed by atoms with Crippen LogP contribution in [-0.2, 0) is 33.3 Å². The lowest BCUT2D eigenvalue weighted by Gasteiger charge is -2.21. The molecule has 0 aromatic heterocycles. The fourth-order valence-electron chi connectivity index (χ4n) is 2.11. The molecule has 0 N–H and O–H groups in total. The van der Waals surface area contributed by atoms with Gasteiger partial charge in [-0.3, -0.25) is 9.59 Å². The third kappa shape index (κ3) is 2.83. The first-order valence-corrected chi connectivity index (χ1v) is 6.44. The molecule has 1 unspecified atom stereocenters. The van der Waals surface area contributed by atoms with Crippen molar-refractivity contribution in [3.05, 3.63) is 0 Å². The number of rotatable bonds is 4. The van der Waals surface area contributed by atoms with Crippen LogP contribution in [0.2, 0.25) is 0 Å². The summed E-state index contributed by atoms with van der Waals surface area (Å²) in [5.41, 5.74) is 0. The number of cyclic esters (lactones) is 1. The molecule has 112 valence electrons. The Bertz CT molecular complexity index is 442. The maximum absolute atomic E-state index is 11.6.